The zero-order valence-electron chi connectivity index (χ0n) is 23.0. The van der Waals surface area contributed by atoms with Crippen LogP contribution in [0.25, 0.3) is 11.1 Å². The molecule has 0 atom stereocenters. The van der Waals surface area contributed by atoms with Gasteiger partial charge in [-0.25, -0.2) is 9.97 Å². The predicted molar refractivity (Wildman–Crippen MR) is 155 cm³/mol. The zero-order valence-corrected chi connectivity index (χ0v) is 24.0. The number of morpholine rings is 1. The number of nitrogens with one attached hydrogen (secondary N) is 1. The molecular weight excluding hydrogens is 524 g/mol. The number of benzene rings is 2. The van der Waals surface area contributed by atoms with Crippen molar-refractivity contribution < 1.29 is 19.0 Å². The van der Waals surface area contributed by atoms with E-state index in [0.717, 1.165) is 80.5 Å². The minimum atomic E-state index is -1.43. The van der Waals surface area contributed by atoms with E-state index in [4.69, 9.17) is 13.9 Å². The summed E-state index contributed by atoms with van der Waals surface area (Å²) in [6, 6.07) is 14.3. The standard InChI is InChI=1S/C29H35N6O4Si/c1-37-28-16-25(34-9-7-24(8-10-34)35-11-13-38-14-12-35)5-6-26(28)33-29-31-18-23(19-32-29)21-3-4-22(17-30)27(15-21)39-40(2)20-36/h3-6,15-16,18-19,24,36H,7-14,20H2,1-2H3,(H,31,32,33). The second-order valence-electron chi connectivity index (χ2n) is 9.96. The van der Waals surface area contributed by atoms with Gasteiger partial charge in [0.25, 0.3) is 0 Å². The summed E-state index contributed by atoms with van der Waals surface area (Å²) in [6.45, 7) is 7.64. The van der Waals surface area contributed by atoms with Gasteiger partial charge in [0, 0.05) is 61.9 Å². The summed E-state index contributed by atoms with van der Waals surface area (Å²) < 4.78 is 17.0. The van der Waals surface area contributed by atoms with Crippen LogP contribution in [0, 0.1) is 11.3 Å². The van der Waals surface area contributed by atoms with Crippen LogP contribution in [0.2, 0.25) is 6.55 Å². The van der Waals surface area contributed by atoms with E-state index in [2.05, 4.69) is 43.3 Å². The molecular formula is C29H35N6O4Si. The van der Waals surface area contributed by atoms with E-state index in [1.807, 2.05) is 18.7 Å². The quantitative estimate of drug-likeness (QED) is 0.377. The van der Waals surface area contributed by atoms with Crippen molar-refractivity contribution in [2.24, 2.45) is 0 Å². The summed E-state index contributed by atoms with van der Waals surface area (Å²) in [5.41, 5.74) is 3.98. The highest BCUT2D eigenvalue weighted by atomic mass is 28.3. The highest BCUT2D eigenvalue weighted by Crippen LogP contribution is 2.33. The molecule has 1 radical (unpaired) electrons. The number of aliphatic hydroxyl groups excluding tert-OH is 1. The molecule has 5 rings (SSSR count). The number of aliphatic hydroxyl groups is 1. The van der Waals surface area contributed by atoms with Gasteiger partial charge >= 0.3 is 9.04 Å². The number of anilines is 3. The van der Waals surface area contributed by atoms with E-state index in [1.54, 1.807) is 31.6 Å². The van der Waals surface area contributed by atoms with Gasteiger partial charge in [-0.3, -0.25) is 4.90 Å². The fourth-order valence-electron chi connectivity index (χ4n) is 5.17. The Hall–Kier alpha value is -3.69. The number of ether oxygens (including phenoxy) is 2. The van der Waals surface area contributed by atoms with Crippen molar-refractivity contribution in [2.75, 3.05) is 62.9 Å². The number of hydrogen-bond acceptors (Lipinski definition) is 10. The first-order chi connectivity index (χ1) is 19.6. The van der Waals surface area contributed by atoms with Crippen LogP contribution in [0.3, 0.4) is 0 Å². The second kappa shape index (κ2) is 13.1. The molecule has 0 aliphatic carbocycles. The molecule has 3 aromatic rings. The number of aromatic nitrogens is 2. The van der Waals surface area contributed by atoms with Crippen molar-refractivity contribution in [3.05, 3.63) is 54.4 Å². The van der Waals surface area contributed by atoms with Crippen LogP contribution in [0.4, 0.5) is 17.3 Å². The molecule has 2 N–H and O–H groups in total. The lowest BCUT2D eigenvalue weighted by Gasteiger charge is -2.40. The lowest BCUT2D eigenvalue weighted by molar-refractivity contribution is 0.0115. The Balaban J connectivity index is 1.24. The average Bonchev–Trinajstić information content (AvgIpc) is 3.02. The van der Waals surface area contributed by atoms with Crippen LogP contribution in [0.5, 0.6) is 11.5 Å². The minimum absolute atomic E-state index is 0.0406. The van der Waals surface area contributed by atoms with Crippen LogP contribution in [-0.2, 0) is 4.74 Å². The maximum atomic E-state index is 9.40. The summed E-state index contributed by atoms with van der Waals surface area (Å²) in [5.74, 6) is 1.64. The summed E-state index contributed by atoms with van der Waals surface area (Å²) in [6.07, 6.45) is 5.71. The Kier molecular flexibility index (Phi) is 9.13. The van der Waals surface area contributed by atoms with Crippen molar-refractivity contribution in [3.8, 4) is 28.7 Å². The monoisotopic (exact) mass is 559 g/mol. The SMILES string of the molecule is COc1cc(N2CCC(N3CCOCC3)CC2)ccc1Nc1ncc(-c2ccc(C#N)c(O[Si](C)CO)c2)cn1. The second-order valence-corrected chi connectivity index (χ2v) is 11.9. The van der Waals surface area contributed by atoms with Gasteiger partial charge in [0.2, 0.25) is 5.95 Å². The molecule has 0 amide bonds. The Labute approximate surface area is 236 Å². The zero-order chi connectivity index (χ0) is 27.9. The normalized spacial score (nSPS) is 16.5. The van der Waals surface area contributed by atoms with Gasteiger partial charge < -0.3 is 29.2 Å². The predicted octanol–water partition coefficient (Wildman–Crippen LogP) is 3.60. The summed E-state index contributed by atoms with van der Waals surface area (Å²) in [7, 11) is 0.236. The average molecular weight is 560 g/mol. The van der Waals surface area contributed by atoms with E-state index in [1.165, 1.54) is 0 Å². The molecule has 11 heteroatoms. The van der Waals surface area contributed by atoms with Gasteiger partial charge in [0.1, 0.15) is 17.6 Å². The van der Waals surface area contributed by atoms with Gasteiger partial charge in [0.15, 0.2) is 0 Å². The maximum absolute atomic E-state index is 9.40. The molecule has 2 aliphatic rings. The van der Waals surface area contributed by atoms with Crippen LogP contribution in [0.1, 0.15) is 18.4 Å². The molecule has 209 valence electrons. The first kappa shape index (κ1) is 27.9. The van der Waals surface area contributed by atoms with E-state index in [-0.39, 0.29) is 6.23 Å². The Morgan fingerprint density at radius 1 is 1.05 bits per heavy atom. The molecule has 2 fully saturated rings. The lowest BCUT2D eigenvalue weighted by Crippen LogP contribution is -2.49. The summed E-state index contributed by atoms with van der Waals surface area (Å²) in [4.78, 5) is 14.0. The number of nitrogens with zero attached hydrogens (tertiary/aromatic N) is 5. The largest absolute Gasteiger partial charge is 0.539 e. The molecule has 2 aromatic carbocycles. The molecule has 0 bridgehead atoms. The molecule has 2 aliphatic heterocycles. The number of piperidine rings is 1. The van der Waals surface area contributed by atoms with E-state index >= 15 is 0 Å². The molecule has 0 unspecified atom stereocenters. The number of methoxy groups -OCH3 is 1. The topological polar surface area (TPSA) is 116 Å². The number of nitriles is 1. The van der Waals surface area contributed by atoms with Crippen LogP contribution in [0.15, 0.2) is 48.8 Å². The number of rotatable bonds is 9. The van der Waals surface area contributed by atoms with Crippen LogP contribution < -0.4 is 19.4 Å². The molecule has 2 saturated heterocycles. The smallest absolute Gasteiger partial charge is 0.304 e. The number of hydrogen-bond donors (Lipinski definition) is 2. The lowest BCUT2D eigenvalue weighted by atomic mass is 10.0. The third-order valence-electron chi connectivity index (χ3n) is 7.42. The highest BCUT2D eigenvalue weighted by molar-refractivity contribution is 6.50. The Morgan fingerprint density at radius 3 is 2.48 bits per heavy atom. The van der Waals surface area contributed by atoms with Crippen LogP contribution in [-0.4, -0.2) is 87.8 Å². The fourth-order valence-corrected chi connectivity index (χ4v) is 5.78. The van der Waals surface area contributed by atoms with Gasteiger partial charge in [-0.15, -0.1) is 0 Å². The van der Waals surface area contributed by atoms with Crippen molar-refractivity contribution in [1.82, 2.24) is 14.9 Å². The van der Waals surface area contributed by atoms with E-state index < -0.39 is 9.04 Å². The molecule has 0 spiro atoms. The maximum Gasteiger partial charge on any atom is 0.304 e. The third kappa shape index (κ3) is 6.54. The first-order valence-corrected chi connectivity index (χ1v) is 15.7. The highest BCUT2D eigenvalue weighted by Gasteiger charge is 2.26. The van der Waals surface area contributed by atoms with Crippen LogP contribution >= 0.6 is 0 Å². The van der Waals surface area contributed by atoms with Gasteiger partial charge in [-0.05, 0) is 49.2 Å². The molecule has 3 heterocycles. The van der Waals surface area contributed by atoms with Gasteiger partial charge in [0.05, 0.1) is 37.8 Å². The molecule has 40 heavy (non-hydrogen) atoms. The first-order valence-electron chi connectivity index (χ1n) is 13.6. The van der Waals surface area contributed by atoms with E-state index in [0.29, 0.717) is 23.3 Å². The fraction of sp³-hybridized carbons (Fsp3) is 0.414. The Bertz CT molecular complexity index is 1320. The summed E-state index contributed by atoms with van der Waals surface area (Å²) in [5, 5.41) is 22.0. The molecule has 0 saturated carbocycles. The van der Waals surface area contributed by atoms with Crippen molar-refractivity contribution >= 4 is 26.4 Å². The molecule has 1 aromatic heterocycles. The van der Waals surface area contributed by atoms with Gasteiger partial charge in [-0.1, -0.05) is 6.07 Å². The van der Waals surface area contributed by atoms with Gasteiger partial charge in [-0.2, -0.15) is 5.26 Å². The van der Waals surface area contributed by atoms with Crippen molar-refractivity contribution in [2.45, 2.75) is 25.4 Å². The molecule has 10 nitrogen and oxygen atoms in total. The van der Waals surface area contributed by atoms with Crippen molar-refractivity contribution in [3.63, 3.8) is 0 Å². The minimum Gasteiger partial charge on any atom is -0.539 e. The summed E-state index contributed by atoms with van der Waals surface area (Å²) >= 11 is 0. The van der Waals surface area contributed by atoms with E-state index in [9.17, 15) is 10.4 Å². The Morgan fingerprint density at radius 2 is 1.80 bits per heavy atom. The van der Waals surface area contributed by atoms with Crippen molar-refractivity contribution in [1.29, 1.82) is 5.26 Å². The third-order valence-corrected chi connectivity index (χ3v) is 8.43.